The summed E-state index contributed by atoms with van der Waals surface area (Å²) in [7, 11) is 2.06. The number of aromatic nitrogens is 3. The minimum absolute atomic E-state index is 0.0604. The van der Waals surface area contributed by atoms with E-state index in [0.29, 0.717) is 18.0 Å². The van der Waals surface area contributed by atoms with Crippen molar-refractivity contribution in [3.8, 4) is 11.3 Å². The van der Waals surface area contributed by atoms with E-state index in [4.69, 9.17) is 15.8 Å². The molecule has 0 aliphatic heterocycles. The molecule has 32 heavy (non-hydrogen) atoms. The smallest absolute Gasteiger partial charge is 0.223 e. The number of aliphatic hydroxyl groups excluding tert-OH is 2. The number of para-hydroxylation sites is 1. The molecule has 5 rings (SSSR count). The van der Waals surface area contributed by atoms with Crippen LogP contribution in [0.3, 0.4) is 0 Å². The van der Waals surface area contributed by atoms with Gasteiger partial charge in [-0.05, 0) is 63.5 Å². The Morgan fingerprint density at radius 1 is 0.938 bits per heavy atom. The second-order valence-corrected chi connectivity index (χ2v) is 9.15. The van der Waals surface area contributed by atoms with Gasteiger partial charge in [-0.15, -0.1) is 0 Å². The van der Waals surface area contributed by atoms with E-state index in [0.717, 1.165) is 62.6 Å². The fourth-order valence-corrected chi connectivity index (χ4v) is 4.63. The van der Waals surface area contributed by atoms with Gasteiger partial charge in [0.25, 0.3) is 0 Å². The Labute approximate surface area is 189 Å². The van der Waals surface area contributed by atoms with Gasteiger partial charge in [0.1, 0.15) is 0 Å². The minimum Gasteiger partial charge on any atom is -0.393 e. The summed E-state index contributed by atoms with van der Waals surface area (Å²) in [4.78, 5) is 9.09. The van der Waals surface area contributed by atoms with Crippen molar-refractivity contribution in [1.29, 1.82) is 0 Å². The van der Waals surface area contributed by atoms with E-state index < -0.39 is 0 Å². The summed E-state index contributed by atoms with van der Waals surface area (Å²) in [6, 6.07) is 11.0. The van der Waals surface area contributed by atoms with Crippen LogP contribution in [0.25, 0.3) is 22.2 Å². The SMILES string of the molecule is Cn1cc(-c2ccnc(NC3CCC(O)CC3)n2)c2ccccc21.NC1CCC(O)CC1. The quantitative estimate of drug-likeness (QED) is 0.498. The van der Waals surface area contributed by atoms with Gasteiger partial charge in [-0.3, -0.25) is 0 Å². The van der Waals surface area contributed by atoms with E-state index in [2.05, 4.69) is 52.4 Å². The topological polar surface area (TPSA) is 109 Å². The molecular formula is C25H35N5O2. The molecular weight excluding hydrogens is 402 g/mol. The molecule has 2 aromatic heterocycles. The van der Waals surface area contributed by atoms with Gasteiger partial charge in [0, 0.05) is 48.0 Å². The zero-order valence-corrected chi connectivity index (χ0v) is 18.8. The van der Waals surface area contributed by atoms with Crippen LogP contribution in [-0.4, -0.2) is 49.0 Å². The Kier molecular flexibility index (Phi) is 7.40. The highest BCUT2D eigenvalue weighted by molar-refractivity contribution is 5.95. The monoisotopic (exact) mass is 437 g/mol. The number of nitrogens with zero attached hydrogens (tertiary/aromatic N) is 3. The lowest BCUT2D eigenvalue weighted by molar-refractivity contribution is 0.123. The first-order chi connectivity index (χ1) is 15.5. The van der Waals surface area contributed by atoms with Crippen LogP contribution >= 0.6 is 0 Å². The van der Waals surface area contributed by atoms with Gasteiger partial charge < -0.3 is 25.8 Å². The van der Waals surface area contributed by atoms with Gasteiger partial charge in [-0.1, -0.05) is 18.2 Å². The van der Waals surface area contributed by atoms with Crippen molar-refractivity contribution in [1.82, 2.24) is 14.5 Å². The lowest BCUT2D eigenvalue weighted by Crippen LogP contribution is -2.28. The fourth-order valence-electron chi connectivity index (χ4n) is 4.63. The molecule has 0 saturated heterocycles. The normalized spacial score (nSPS) is 25.8. The molecule has 2 saturated carbocycles. The Bertz CT molecular complexity index is 994. The fraction of sp³-hybridized carbons (Fsp3) is 0.520. The predicted octanol–water partition coefficient (Wildman–Crippen LogP) is 3.60. The van der Waals surface area contributed by atoms with Crippen molar-refractivity contribution in [2.45, 2.75) is 75.7 Å². The number of hydrogen-bond donors (Lipinski definition) is 4. The van der Waals surface area contributed by atoms with Crippen molar-refractivity contribution in [3.05, 3.63) is 42.7 Å². The molecule has 0 radical (unpaired) electrons. The number of nitrogens with two attached hydrogens (primary N) is 1. The maximum absolute atomic E-state index is 9.63. The van der Waals surface area contributed by atoms with Crippen molar-refractivity contribution in [2.75, 3.05) is 5.32 Å². The van der Waals surface area contributed by atoms with Crippen LogP contribution in [0.1, 0.15) is 51.4 Å². The molecule has 7 heteroatoms. The highest BCUT2D eigenvalue weighted by Crippen LogP contribution is 2.29. The third-order valence-electron chi connectivity index (χ3n) is 6.60. The molecule has 3 aromatic rings. The van der Waals surface area contributed by atoms with Gasteiger partial charge >= 0.3 is 0 Å². The maximum atomic E-state index is 9.63. The number of benzene rings is 1. The van der Waals surface area contributed by atoms with E-state index in [9.17, 15) is 5.11 Å². The summed E-state index contributed by atoms with van der Waals surface area (Å²) in [5.41, 5.74) is 8.84. The van der Waals surface area contributed by atoms with E-state index >= 15 is 0 Å². The van der Waals surface area contributed by atoms with Gasteiger partial charge in [0.15, 0.2) is 0 Å². The second-order valence-electron chi connectivity index (χ2n) is 9.15. The van der Waals surface area contributed by atoms with Gasteiger partial charge in [0.05, 0.1) is 17.9 Å². The Morgan fingerprint density at radius 2 is 1.59 bits per heavy atom. The van der Waals surface area contributed by atoms with Crippen LogP contribution in [0.5, 0.6) is 0 Å². The molecule has 2 fully saturated rings. The van der Waals surface area contributed by atoms with Crippen LogP contribution in [0.2, 0.25) is 0 Å². The second kappa shape index (κ2) is 10.4. The predicted molar refractivity (Wildman–Crippen MR) is 128 cm³/mol. The molecule has 0 unspecified atom stereocenters. The Balaban J connectivity index is 0.000000260. The van der Waals surface area contributed by atoms with Gasteiger partial charge in [0.2, 0.25) is 5.95 Å². The number of hydrogen-bond acceptors (Lipinski definition) is 6. The zero-order chi connectivity index (χ0) is 22.5. The third-order valence-corrected chi connectivity index (χ3v) is 6.60. The highest BCUT2D eigenvalue weighted by Gasteiger charge is 2.20. The maximum Gasteiger partial charge on any atom is 0.223 e. The van der Waals surface area contributed by atoms with E-state index in [1.807, 2.05) is 12.3 Å². The largest absolute Gasteiger partial charge is 0.393 e. The molecule has 2 aliphatic rings. The van der Waals surface area contributed by atoms with Crippen LogP contribution in [0.15, 0.2) is 42.7 Å². The van der Waals surface area contributed by atoms with Crippen LogP contribution < -0.4 is 11.1 Å². The number of nitrogens with one attached hydrogen (secondary N) is 1. The molecule has 172 valence electrons. The number of fused-ring (bicyclic) bond motifs is 1. The van der Waals surface area contributed by atoms with Crippen LogP contribution in [0.4, 0.5) is 5.95 Å². The highest BCUT2D eigenvalue weighted by atomic mass is 16.3. The molecule has 0 amide bonds. The van der Waals surface area contributed by atoms with Gasteiger partial charge in [-0.25, -0.2) is 9.97 Å². The number of anilines is 1. The first-order valence-corrected chi connectivity index (χ1v) is 11.8. The molecule has 5 N–H and O–H groups in total. The van der Waals surface area contributed by atoms with E-state index in [1.165, 1.54) is 10.9 Å². The average molecular weight is 438 g/mol. The molecule has 0 atom stereocenters. The summed E-state index contributed by atoms with van der Waals surface area (Å²) in [6.07, 6.45) is 11.1. The summed E-state index contributed by atoms with van der Waals surface area (Å²) >= 11 is 0. The molecule has 2 heterocycles. The van der Waals surface area contributed by atoms with Crippen molar-refractivity contribution in [2.24, 2.45) is 12.8 Å². The molecule has 2 aliphatic carbocycles. The summed E-state index contributed by atoms with van der Waals surface area (Å²) in [6.45, 7) is 0. The van der Waals surface area contributed by atoms with Crippen LogP contribution in [-0.2, 0) is 7.05 Å². The summed E-state index contributed by atoms with van der Waals surface area (Å²) in [5, 5.41) is 23.2. The Morgan fingerprint density at radius 3 is 2.28 bits per heavy atom. The van der Waals surface area contributed by atoms with Crippen molar-refractivity contribution in [3.63, 3.8) is 0 Å². The third kappa shape index (κ3) is 5.65. The molecule has 0 bridgehead atoms. The van der Waals surface area contributed by atoms with Gasteiger partial charge in [-0.2, -0.15) is 0 Å². The first-order valence-electron chi connectivity index (χ1n) is 11.8. The average Bonchev–Trinajstić information content (AvgIpc) is 3.15. The van der Waals surface area contributed by atoms with Crippen molar-refractivity contribution < 1.29 is 10.2 Å². The minimum atomic E-state index is -0.147. The summed E-state index contributed by atoms with van der Waals surface area (Å²) < 4.78 is 2.13. The Hall–Kier alpha value is -2.48. The van der Waals surface area contributed by atoms with E-state index in [-0.39, 0.29) is 12.2 Å². The number of aryl methyl sites for hydroxylation is 1. The zero-order valence-electron chi connectivity index (χ0n) is 18.8. The molecule has 7 nitrogen and oxygen atoms in total. The van der Waals surface area contributed by atoms with Crippen LogP contribution in [0, 0.1) is 0 Å². The number of aliphatic hydroxyl groups is 2. The molecule has 1 aromatic carbocycles. The lowest BCUT2D eigenvalue weighted by atomic mass is 9.93. The summed E-state index contributed by atoms with van der Waals surface area (Å²) in [5.74, 6) is 0.668. The van der Waals surface area contributed by atoms with E-state index in [1.54, 1.807) is 0 Å². The molecule has 0 spiro atoms. The standard InChI is InChI=1S/C19H22N4O.C6H13NO/c1-23-12-16(15-4-2-3-5-18(15)23)17-10-11-20-19(22-17)21-13-6-8-14(24)9-7-13;7-5-1-3-6(8)4-2-5/h2-5,10-14,24H,6-9H2,1H3,(H,20,21,22);5-6,8H,1-4,7H2. The van der Waals surface area contributed by atoms with Crippen molar-refractivity contribution >= 4 is 16.9 Å². The first kappa shape index (κ1) is 22.7. The lowest BCUT2D eigenvalue weighted by Gasteiger charge is -2.26. The number of rotatable bonds is 3.